The Bertz CT molecular complexity index is 1590. The number of nitrogens with zero attached hydrogens (tertiary/aromatic N) is 4. The molecule has 4 heterocycles. The van der Waals surface area contributed by atoms with Gasteiger partial charge in [-0.1, -0.05) is 43.3 Å². The Hall–Kier alpha value is -4.38. The molecule has 11 nitrogen and oxygen atoms in total. The lowest BCUT2D eigenvalue weighted by Gasteiger charge is -2.41. The van der Waals surface area contributed by atoms with Crippen LogP contribution in [-0.2, 0) is 15.0 Å². The second kappa shape index (κ2) is 9.91. The van der Waals surface area contributed by atoms with Crippen LogP contribution in [-0.4, -0.2) is 63.1 Å². The van der Waals surface area contributed by atoms with E-state index in [4.69, 9.17) is 16.0 Å². The van der Waals surface area contributed by atoms with Crippen LogP contribution in [0.1, 0.15) is 50.7 Å². The summed E-state index contributed by atoms with van der Waals surface area (Å²) in [6.07, 6.45) is 3.43. The van der Waals surface area contributed by atoms with E-state index in [0.29, 0.717) is 25.6 Å². The summed E-state index contributed by atoms with van der Waals surface area (Å²) in [7, 11) is 0. The Morgan fingerprint density at radius 1 is 1.12 bits per heavy atom. The Morgan fingerprint density at radius 3 is 2.54 bits per heavy atom. The number of H-pyrrole nitrogens is 1. The summed E-state index contributed by atoms with van der Waals surface area (Å²) in [5.74, 6) is -0.322. The quantitative estimate of drug-likeness (QED) is 0.282. The third kappa shape index (κ3) is 4.69. The molecule has 2 aliphatic heterocycles. The highest BCUT2D eigenvalue weighted by Crippen LogP contribution is 2.49. The van der Waals surface area contributed by atoms with Crippen molar-refractivity contribution in [3.05, 3.63) is 65.9 Å². The lowest BCUT2D eigenvalue weighted by molar-refractivity contribution is -0.139. The number of amides is 2. The van der Waals surface area contributed by atoms with Crippen LogP contribution in [0.3, 0.4) is 0 Å². The number of benzene rings is 2. The average Bonchev–Trinajstić information content (AvgIpc) is 3.67. The smallest absolute Gasteiger partial charge is 0.320 e. The molecule has 2 atom stereocenters. The summed E-state index contributed by atoms with van der Waals surface area (Å²) < 4.78 is 5.05. The zero-order valence-electron chi connectivity index (χ0n) is 23.6. The number of hydrogen-bond acceptors (Lipinski definition) is 8. The summed E-state index contributed by atoms with van der Waals surface area (Å²) in [5, 5.41) is 8.08. The SMILES string of the molecule is C[C@@H](c1c[nH]c2ccccc12)C(NC(=O)C(C)(C)N)C(=O)N1CCC2(CC1)CN(c1noc(N)n1)c1ccccc12. The summed E-state index contributed by atoms with van der Waals surface area (Å²) in [4.78, 5) is 38.7. The monoisotopic (exact) mass is 556 g/mol. The number of carbonyl (C=O) groups is 2. The Labute approximate surface area is 238 Å². The first-order chi connectivity index (χ1) is 19.6. The van der Waals surface area contributed by atoms with Crippen LogP contribution in [0.4, 0.5) is 17.7 Å². The van der Waals surface area contributed by atoms with Crippen LogP contribution in [0.25, 0.3) is 10.9 Å². The average molecular weight is 557 g/mol. The maximum Gasteiger partial charge on any atom is 0.320 e. The first kappa shape index (κ1) is 26.8. The van der Waals surface area contributed by atoms with E-state index >= 15 is 0 Å². The minimum Gasteiger partial charge on any atom is -0.361 e. The number of nitrogens with two attached hydrogens (primary N) is 2. The van der Waals surface area contributed by atoms with Gasteiger partial charge in [-0.25, -0.2) is 0 Å². The van der Waals surface area contributed by atoms with Gasteiger partial charge in [-0.15, -0.1) is 0 Å². The molecule has 2 aromatic heterocycles. The van der Waals surface area contributed by atoms with Gasteiger partial charge in [0.05, 0.1) is 5.54 Å². The van der Waals surface area contributed by atoms with Crippen LogP contribution in [0.5, 0.6) is 0 Å². The molecule has 0 bridgehead atoms. The molecule has 1 saturated heterocycles. The standard InChI is InChI=1S/C30H36N8O3/c1-18(20-16-33-22-10-6-4-8-19(20)22)24(34-26(40)29(2,3)32)25(39)37-14-12-30(13-15-37)17-38(28-35-27(31)41-36-28)23-11-7-5-9-21(23)30/h4-11,16,18,24,33H,12-15,17,32H2,1-3H3,(H,34,40)(H2,31,35,36)/t18-,24?/m0/s1. The molecular formula is C30H36N8O3. The van der Waals surface area contributed by atoms with Crippen molar-refractivity contribution in [1.82, 2.24) is 25.3 Å². The van der Waals surface area contributed by atoms with E-state index < -0.39 is 11.6 Å². The van der Waals surface area contributed by atoms with Crippen molar-refractivity contribution >= 4 is 40.4 Å². The van der Waals surface area contributed by atoms with E-state index in [-0.39, 0.29) is 29.2 Å². The van der Waals surface area contributed by atoms with E-state index in [1.54, 1.807) is 13.8 Å². The van der Waals surface area contributed by atoms with Gasteiger partial charge in [-0.3, -0.25) is 9.59 Å². The summed E-state index contributed by atoms with van der Waals surface area (Å²) in [6.45, 7) is 7.04. The van der Waals surface area contributed by atoms with Crippen LogP contribution < -0.4 is 21.7 Å². The van der Waals surface area contributed by atoms with E-state index in [1.165, 1.54) is 5.56 Å². The number of rotatable bonds is 6. The Morgan fingerprint density at radius 2 is 1.83 bits per heavy atom. The minimum atomic E-state index is -1.13. The lowest BCUT2D eigenvalue weighted by atomic mass is 9.74. The van der Waals surface area contributed by atoms with Crippen LogP contribution >= 0.6 is 0 Å². The van der Waals surface area contributed by atoms with Gasteiger partial charge in [0, 0.05) is 53.8 Å². The first-order valence-corrected chi connectivity index (χ1v) is 14.0. The van der Waals surface area contributed by atoms with Crippen LogP contribution in [0.2, 0.25) is 0 Å². The predicted molar refractivity (Wildman–Crippen MR) is 157 cm³/mol. The molecule has 6 rings (SSSR count). The number of aromatic nitrogens is 3. The van der Waals surface area contributed by atoms with E-state index in [2.05, 4.69) is 32.6 Å². The van der Waals surface area contributed by atoms with Gasteiger partial charge in [-0.05, 0) is 55.1 Å². The third-order valence-corrected chi connectivity index (χ3v) is 8.68. The molecule has 2 aliphatic rings. The highest BCUT2D eigenvalue weighted by Gasteiger charge is 2.47. The van der Waals surface area contributed by atoms with Crippen molar-refractivity contribution in [3.63, 3.8) is 0 Å². The molecule has 11 heteroatoms. The molecular weight excluding hydrogens is 520 g/mol. The molecule has 1 unspecified atom stereocenters. The van der Waals surface area contributed by atoms with Crippen molar-refractivity contribution in [2.45, 2.75) is 56.5 Å². The summed E-state index contributed by atoms with van der Waals surface area (Å²) in [5.41, 5.74) is 14.7. The van der Waals surface area contributed by atoms with E-state index in [1.807, 2.05) is 59.3 Å². The third-order valence-electron chi connectivity index (χ3n) is 8.68. The Kier molecular flexibility index (Phi) is 6.49. The van der Waals surface area contributed by atoms with Gasteiger partial charge >= 0.3 is 6.01 Å². The number of nitrogens with one attached hydrogen (secondary N) is 2. The second-order valence-corrected chi connectivity index (χ2v) is 11.9. The van der Waals surface area contributed by atoms with Crippen molar-refractivity contribution in [2.24, 2.45) is 5.73 Å². The highest BCUT2D eigenvalue weighted by molar-refractivity contribution is 5.93. The maximum absolute atomic E-state index is 14.2. The zero-order valence-corrected chi connectivity index (χ0v) is 23.6. The van der Waals surface area contributed by atoms with Gasteiger partial charge in [-0.2, -0.15) is 4.98 Å². The molecule has 214 valence electrons. The number of carbonyl (C=O) groups excluding carboxylic acids is 2. The largest absolute Gasteiger partial charge is 0.361 e. The number of nitrogen functional groups attached to an aromatic ring is 1. The number of likely N-dealkylation sites (tertiary alicyclic amines) is 1. The van der Waals surface area contributed by atoms with Crippen molar-refractivity contribution in [1.29, 1.82) is 0 Å². The van der Waals surface area contributed by atoms with Crippen molar-refractivity contribution < 1.29 is 14.1 Å². The zero-order chi connectivity index (χ0) is 28.9. The molecule has 2 aromatic carbocycles. The minimum absolute atomic E-state index is 0.0249. The van der Waals surface area contributed by atoms with Gasteiger partial charge < -0.3 is 36.1 Å². The predicted octanol–water partition coefficient (Wildman–Crippen LogP) is 3.17. The van der Waals surface area contributed by atoms with E-state index in [0.717, 1.165) is 35.0 Å². The van der Waals surface area contributed by atoms with Crippen LogP contribution in [0, 0.1) is 0 Å². The number of fused-ring (bicyclic) bond motifs is 3. The fourth-order valence-electron chi connectivity index (χ4n) is 6.30. The second-order valence-electron chi connectivity index (χ2n) is 11.9. The van der Waals surface area contributed by atoms with Gasteiger partial charge in [0.2, 0.25) is 11.8 Å². The topological polar surface area (TPSA) is 159 Å². The molecule has 6 N–H and O–H groups in total. The number of piperidine rings is 1. The van der Waals surface area contributed by atoms with E-state index in [9.17, 15) is 9.59 Å². The van der Waals surface area contributed by atoms with Gasteiger partial charge in [0.25, 0.3) is 5.95 Å². The molecule has 0 aliphatic carbocycles. The number of para-hydroxylation sites is 2. The molecule has 2 amide bonds. The number of hydrogen-bond donors (Lipinski definition) is 4. The number of anilines is 3. The van der Waals surface area contributed by atoms with Crippen LogP contribution in [0.15, 0.2) is 59.3 Å². The summed E-state index contributed by atoms with van der Waals surface area (Å²) >= 11 is 0. The molecule has 4 aromatic rings. The molecule has 0 saturated carbocycles. The van der Waals surface area contributed by atoms with Gasteiger partial charge in [0.1, 0.15) is 6.04 Å². The first-order valence-electron chi connectivity index (χ1n) is 14.0. The highest BCUT2D eigenvalue weighted by atomic mass is 16.5. The molecule has 1 fully saturated rings. The van der Waals surface area contributed by atoms with Crippen molar-refractivity contribution in [2.75, 3.05) is 30.3 Å². The fourth-order valence-corrected chi connectivity index (χ4v) is 6.30. The molecule has 41 heavy (non-hydrogen) atoms. The lowest BCUT2D eigenvalue weighted by Crippen LogP contribution is -2.59. The number of aromatic amines is 1. The van der Waals surface area contributed by atoms with Gasteiger partial charge in [0.15, 0.2) is 0 Å². The summed E-state index contributed by atoms with van der Waals surface area (Å²) in [6, 6.07) is 15.4. The fraction of sp³-hybridized carbons (Fsp3) is 0.400. The maximum atomic E-state index is 14.2. The van der Waals surface area contributed by atoms with Crippen molar-refractivity contribution in [3.8, 4) is 0 Å². The molecule has 0 radical (unpaired) electrons. The Balaban J connectivity index is 1.25. The normalized spacial score (nSPS) is 18.0. The molecule has 1 spiro atoms.